The van der Waals surface area contributed by atoms with Crippen LogP contribution in [-0.4, -0.2) is 11.5 Å². The third-order valence-electron chi connectivity index (χ3n) is 2.06. The molecule has 0 radical (unpaired) electrons. The van der Waals surface area contributed by atoms with Crippen LogP contribution < -0.4 is 5.32 Å². The van der Waals surface area contributed by atoms with Crippen LogP contribution in [0, 0.1) is 0 Å². The zero-order valence-corrected chi connectivity index (χ0v) is 12.2. The van der Waals surface area contributed by atoms with E-state index in [1.165, 1.54) is 16.2 Å². The van der Waals surface area contributed by atoms with Gasteiger partial charge >= 0.3 is 0 Å². The first-order valence-corrected chi connectivity index (χ1v) is 7.63. The van der Waals surface area contributed by atoms with Gasteiger partial charge in [0.1, 0.15) is 5.01 Å². The summed E-state index contributed by atoms with van der Waals surface area (Å²) >= 11 is 6.96. The van der Waals surface area contributed by atoms with Crippen molar-refractivity contribution < 1.29 is 0 Å². The summed E-state index contributed by atoms with van der Waals surface area (Å²) in [6.07, 6.45) is 3.14. The lowest BCUT2D eigenvalue weighted by molar-refractivity contribution is 0.681. The fourth-order valence-electron chi connectivity index (χ4n) is 1.32. The smallest absolute Gasteiger partial charge is 0.133 e. The second kappa shape index (κ2) is 5.91. The van der Waals surface area contributed by atoms with Crippen molar-refractivity contribution in [1.82, 2.24) is 10.3 Å². The van der Waals surface area contributed by atoms with Gasteiger partial charge in [-0.3, -0.25) is 0 Å². The average Bonchev–Trinajstić information content (AvgIpc) is 2.87. The van der Waals surface area contributed by atoms with Gasteiger partial charge in [0.05, 0.1) is 8.66 Å². The lowest BCUT2D eigenvalue weighted by Gasteiger charge is -1.97. The summed E-state index contributed by atoms with van der Waals surface area (Å²) < 4.78 is 1.16. The number of halogens is 1. The van der Waals surface area contributed by atoms with Crippen LogP contribution in [0.25, 0.3) is 9.88 Å². The van der Waals surface area contributed by atoms with Crippen molar-refractivity contribution in [3.8, 4) is 9.88 Å². The topological polar surface area (TPSA) is 24.9 Å². The molecule has 0 fully saturated rings. The molecule has 0 amide bonds. The Morgan fingerprint density at radius 2 is 2.25 bits per heavy atom. The molecule has 16 heavy (non-hydrogen) atoms. The van der Waals surface area contributed by atoms with Gasteiger partial charge in [0, 0.05) is 17.6 Å². The van der Waals surface area contributed by atoms with E-state index >= 15 is 0 Å². The Kier molecular flexibility index (Phi) is 4.52. The maximum Gasteiger partial charge on any atom is 0.133 e. The molecule has 0 saturated carbocycles. The highest BCUT2D eigenvalue weighted by molar-refractivity contribution is 9.11. The molecule has 2 aromatic rings. The number of nitrogens with zero attached hydrogens (tertiary/aromatic N) is 1. The molecule has 0 aromatic carbocycles. The van der Waals surface area contributed by atoms with Crippen molar-refractivity contribution in [2.75, 3.05) is 6.54 Å². The molecule has 2 rings (SSSR count). The van der Waals surface area contributed by atoms with Crippen LogP contribution in [0.4, 0.5) is 0 Å². The number of hydrogen-bond donors (Lipinski definition) is 1. The molecular formula is C11H13BrN2S2. The highest BCUT2D eigenvalue weighted by atomic mass is 79.9. The Hall–Kier alpha value is -0.230. The molecule has 0 saturated heterocycles. The molecule has 0 aliphatic rings. The van der Waals surface area contributed by atoms with Gasteiger partial charge in [0.15, 0.2) is 0 Å². The molecule has 0 unspecified atom stereocenters. The summed E-state index contributed by atoms with van der Waals surface area (Å²) in [7, 11) is 0. The van der Waals surface area contributed by atoms with Gasteiger partial charge in [0.25, 0.3) is 0 Å². The Morgan fingerprint density at radius 3 is 2.94 bits per heavy atom. The summed E-state index contributed by atoms with van der Waals surface area (Å²) in [5.41, 5.74) is 0. The Morgan fingerprint density at radius 1 is 1.38 bits per heavy atom. The molecule has 0 spiro atoms. The van der Waals surface area contributed by atoms with Crippen LogP contribution >= 0.6 is 38.6 Å². The van der Waals surface area contributed by atoms with Crippen molar-refractivity contribution >= 4 is 38.6 Å². The number of rotatable bonds is 5. The van der Waals surface area contributed by atoms with Crippen molar-refractivity contribution in [1.29, 1.82) is 0 Å². The van der Waals surface area contributed by atoms with Gasteiger partial charge in [0.2, 0.25) is 0 Å². The molecule has 2 heterocycles. The molecule has 86 valence electrons. The summed E-state index contributed by atoms with van der Waals surface area (Å²) in [5.74, 6) is 0. The zero-order valence-electron chi connectivity index (χ0n) is 9.00. The van der Waals surface area contributed by atoms with Crippen LogP contribution in [0.5, 0.6) is 0 Å². The SMILES string of the molecule is CCCNCc1cnc(-c2ccc(Br)s2)s1. The minimum atomic E-state index is 0.929. The van der Waals surface area contributed by atoms with Crippen LogP contribution in [0.15, 0.2) is 22.1 Å². The van der Waals surface area contributed by atoms with Crippen molar-refractivity contribution in [2.24, 2.45) is 0 Å². The Labute approximate surface area is 112 Å². The largest absolute Gasteiger partial charge is 0.312 e. The van der Waals surface area contributed by atoms with E-state index in [4.69, 9.17) is 0 Å². The third kappa shape index (κ3) is 3.13. The van der Waals surface area contributed by atoms with Crippen LogP contribution in [0.2, 0.25) is 0 Å². The third-order valence-corrected chi connectivity index (χ3v) is 4.85. The summed E-state index contributed by atoms with van der Waals surface area (Å²) in [4.78, 5) is 6.98. The van der Waals surface area contributed by atoms with E-state index in [1.807, 2.05) is 6.20 Å². The second-order valence-corrected chi connectivity index (χ2v) is 6.99. The number of thiophene rings is 1. The first-order valence-electron chi connectivity index (χ1n) is 5.20. The first kappa shape index (κ1) is 12.2. The lowest BCUT2D eigenvalue weighted by atomic mass is 10.4. The Balaban J connectivity index is 2.02. The lowest BCUT2D eigenvalue weighted by Crippen LogP contribution is -2.12. The van der Waals surface area contributed by atoms with Gasteiger partial charge in [-0.2, -0.15) is 0 Å². The summed E-state index contributed by atoms with van der Waals surface area (Å²) in [6.45, 7) is 4.17. The van der Waals surface area contributed by atoms with E-state index in [-0.39, 0.29) is 0 Å². The van der Waals surface area contributed by atoms with E-state index in [9.17, 15) is 0 Å². The molecule has 2 aromatic heterocycles. The van der Waals surface area contributed by atoms with E-state index < -0.39 is 0 Å². The average molecular weight is 317 g/mol. The molecule has 1 N–H and O–H groups in total. The predicted molar refractivity (Wildman–Crippen MR) is 75.1 cm³/mol. The van der Waals surface area contributed by atoms with Crippen LogP contribution in [0.1, 0.15) is 18.2 Å². The van der Waals surface area contributed by atoms with Gasteiger partial charge in [-0.25, -0.2) is 4.98 Å². The molecule has 0 atom stereocenters. The Bertz CT molecular complexity index is 450. The molecular weight excluding hydrogens is 304 g/mol. The van der Waals surface area contributed by atoms with Gasteiger partial charge < -0.3 is 5.32 Å². The van der Waals surface area contributed by atoms with Crippen LogP contribution in [0.3, 0.4) is 0 Å². The standard InChI is InChI=1S/C11H13BrN2S2/c1-2-5-13-6-8-7-14-11(15-8)9-3-4-10(12)16-9/h3-4,7,13H,2,5-6H2,1H3. The van der Waals surface area contributed by atoms with Crippen molar-refractivity contribution in [3.05, 3.63) is 27.0 Å². The molecule has 0 aliphatic carbocycles. The van der Waals surface area contributed by atoms with Gasteiger partial charge in [-0.15, -0.1) is 22.7 Å². The first-order chi connectivity index (χ1) is 7.79. The molecule has 0 bridgehead atoms. The quantitative estimate of drug-likeness (QED) is 0.839. The molecule has 0 aliphatic heterocycles. The predicted octanol–water partition coefficient (Wildman–Crippen LogP) is 4.13. The monoisotopic (exact) mass is 316 g/mol. The molecule has 5 heteroatoms. The minimum absolute atomic E-state index is 0.929. The van der Waals surface area contributed by atoms with Crippen molar-refractivity contribution in [2.45, 2.75) is 19.9 Å². The van der Waals surface area contributed by atoms with E-state index in [0.29, 0.717) is 0 Å². The highest BCUT2D eigenvalue weighted by Crippen LogP contribution is 2.33. The minimum Gasteiger partial charge on any atom is -0.312 e. The maximum atomic E-state index is 4.45. The highest BCUT2D eigenvalue weighted by Gasteiger charge is 2.06. The number of hydrogen-bond acceptors (Lipinski definition) is 4. The molecule has 2 nitrogen and oxygen atoms in total. The fraction of sp³-hybridized carbons (Fsp3) is 0.364. The van der Waals surface area contributed by atoms with Crippen LogP contribution in [-0.2, 0) is 6.54 Å². The maximum absolute atomic E-state index is 4.45. The van der Waals surface area contributed by atoms with E-state index in [0.717, 1.165) is 21.9 Å². The van der Waals surface area contributed by atoms with E-state index in [1.54, 1.807) is 22.7 Å². The number of aromatic nitrogens is 1. The summed E-state index contributed by atoms with van der Waals surface area (Å²) in [6, 6.07) is 4.17. The second-order valence-electron chi connectivity index (χ2n) is 3.41. The number of thiazole rings is 1. The van der Waals surface area contributed by atoms with Crippen molar-refractivity contribution in [3.63, 3.8) is 0 Å². The normalized spacial score (nSPS) is 10.9. The van der Waals surface area contributed by atoms with Gasteiger partial charge in [-0.1, -0.05) is 6.92 Å². The fourth-order valence-corrected chi connectivity index (χ4v) is 3.65. The summed E-state index contributed by atoms with van der Waals surface area (Å²) in [5, 5.41) is 4.50. The number of nitrogens with one attached hydrogen (secondary N) is 1. The van der Waals surface area contributed by atoms with E-state index in [2.05, 4.69) is 45.3 Å². The zero-order chi connectivity index (χ0) is 11.4. The van der Waals surface area contributed by atoms with Gasteiger partial charge in [-0.05, 0) is 41.0 Å².